The number of guanidine groups is 1. The highest BCUT2D eigenvalue weighted by Crippen LogP contribution is 2.27. The Labute approximate surface area is 189 Å². The van der Waals surface area contributed by atoms with Crippen LogP contribution < -0.4 is 20.1 Å². The molecule has 1 amide bonds. The molecule has 0 aliphatic heterocycles. The topological polar surface area (TPSA) is 75.2 Å². The SMILES string of the molecule is CCNC(=NCCNC(=O)c1ccc(C)c(F)c1)N(C)CCc1ccc(OC)c(OC)c1. The van der Waals surface area contributed by atoms with Crippen molar-refractivity contribution in [1.82, 2.24) is 15.5 Å². The molecule has 0 aromatic heterocycles. The van der Waals surface area contributed by atoms with Gasteiger partial charge in [0.15, 0.2) is 17.5 Å². The highest BCUT2D eigenvalue weighted by atomic mass is 19.1. The number of nitrogens with zero attached hydrogens (tertiary/aromatic N) is 2. The standard InChI is InChI=1S/C24H33FN4O3/c1-6-26-24(28-13-12-27-23(30)19-9-7-17(2)20(25)16-19)29(3)14-11-18-8-10-21(31-4)22(15-18)32-5/h7-10,15-16H,6,11-14H2,1-5H3,(H,26,28)(H,27,30). The Kier molecular flexibility index (Phi) is 9.78. The number of aryl methyl sites for hydroxylation is 1. The van der Waals surface area contributed by atoms with Crippen molar-refractivity contribution in [3.63, 3.8) is 0 Å². The highest BCUT2D eigenvalue weighted by Gasteiger charge is 2.10. The molecule has 0 fully saturated rings. The smallest absolute Gasteiger partial charge is 0.251 e. The van der Waals surface area contributed by atoms with Crippen molar-refractivity contribution in [2.24, 2.45) is 4.99 Å². The normalized spacial score (nSPS) is 11.1. The fraction of sp³-hybridized carbons (Fsp3) is 0.417. The fourth-order valence-corrected chi connectivity index (χ4v) is 3.08. The zero-order chi connectivity index (χ0) is 23.5. The van der Waals surface area contributed by atoms with Crippen molar-refractivity contribution < 1.29 is 18.7 Å². The molecule has 0 aliphatic carbocycles. The number of aliphatic imine (C=N–C) groups is 1. The van der Waals surface area contributed by atoms with E-state index in [1.165, 1.54) is 6.07 Å². The van der Waals surface area contributed by atoms with Crippen molar-refractivity contribution in [1.29, 1.82) is 0 Å². The first-order chi connectivity index (χ1) is 15.4. The second kappa shape index (κ2) is 12.5. The van der Waals surface area contributed by atoms with Gasteiger partial charge in [0.25, 0.3) is 5.91 Å². The van der Waals surface area contributed by atoms with Gasteiger partial charge in [-0.2, -0.15) is 0 Å². The number of ether oxygens (including phenoxy) is 2. The number of hydrogen-bond donors (Lipinski definition) is 2. The van der Waals surface area contributed by atoms with E-state index in [1.54, 1.807) is 33.3 Å². The molecule has 7 nitrogen and oxygen atoms in total. The second-order valence-electron chi connectivity index (χ2n) is 7.32. The minimum atomic E-state index is -0.388. The van der Waals surface area contributed by atoms with E-state index < -0.39 is 0 Å². The number of hydrogen-bond acceptors (Lipinski definition) is 4. The fourth-order valence-electron chi connectivity index (χ4n) is 3.08. The van der Waals surface area contributed by atoms with Crippen LogP contribution in [-0.4, -0.2) is 64.2 Å². The van der Waals surface area contributed by atoms with Gasteiger partial charge < -0.3 is 25.0 Å². The summed E-state index contributed by atoms with van der Waals surface area (Å²) in [5.74, 6) is 1.46. The number of methoxy groups -OCH3 is 2. The molecule has 0 aliphatic rings. The van der Waals surface area contributed by atoms with Crippen LogP contribution in [0.4, 0.5) is 4.39 Å². The summed E-state index contributed by atoms with van der Waals surface area (Å²) in [4.78, 5) is 18.8. The molecule has 0 unspecified atom stereocenters. The van der Waals surface area contributed by atoms with Gasteiger partial charge in [0.05, 0.1) is 20.8 Å². The molecule has 0 radical (unpaired) electrons. The van der Waals surface area contributed by atoms with E-state index in [4.69, 9.17) is 9.47 Å². The minimum Gasteiger partial charge on any atom is -0.493 e. The first-order valence-corrected chi connectivity index (χ1v) is 10.6. The van der Waals surface area contributed by atoms with Gasteiger partial charge in [-0.15, -0.1) is 0 Å². The summed E-state index contributed by atoms with van der Waals surface area (Å²) in [7, 11) is 5.21. The molecule has 2 rings (SSSR count). The van der Waals surface area contributed by atoms with Crippen LogP contribution >= 0.6 is 0 Å². The Balaban J connectivity index is 1.89. The van der Waals surface area contributed by atoms with Gasteiger partial charge in [0.2, 0.25) is 0 Å². The summed E-state index contributed by atoms with van der Waals surface area (Å²) in [5, 5.41) is 6.04. The third-order valence-electron chi connectivity index (χ3n) is 4.97. The Hall–Kier alpha value is -3.29. The Bertz CT molecular complexity index is 933. The monoisotopic (exact) mass is 444 g/mol. The molecule has 0 heterocycles. The Morgan fingerprint density at radius 2 is 1.84 bits per heavy atom. The lowest BCUT2D eigenvalue weighted by molar-refractivity contribution is 0.0954. The van der Waals surface area contributed by atoms with Gasteiger partial charge in [0, 0.05) is 32.2 Å². The van der Waals surface area contributed by atoms with Gasteiger partial charge in [0.1, 0.15) is 5.82 Å². The van der Waals surface area contributed by atoms with Gasteiger partial charge >= 0.3 is 0 Å². The number of carbonyl (C=O) groups is 1. The quantitative estimate of drug-likeness (QED) is 0.335. The number of likely N-dealkylation sites (N-methyl/N-ethyl adjacent to an activating group) is 1. The van der Waals surface area contributed by atoms with Crippen molar-refractivity contribution in [2.75, 3.05) is 47.4 Å². The van der Waals surface area contributed by atoms with Crippen molar-refractivity contribution in [3.05, 3.63) is 58.9 Å². The molecule has 2 N–H and O–H groups in total. The van der Waals surface area contributed by atoms with E-state index in [-0.39, 0.29) is 11.7 Å². The predicted molar refractivity (Wildman–Crippen MR) is 125 cm³/mol. The van der Waals surface area contributed by atoms with E-state index in [1.807, 2.05) is 37.1 Å². The second-order valence-corrected chi connectivity index (χ2v) is 7.32. The number of amides is 1. The van der Waals surface area contributed by atoms with Crippen LogP contribution in [0.5, 0.6) is 11.5 Å². The maximum Gasteiger partial charge on any atom is 0.251 e. The number of rotatable bonds is 10. The van der Waals surface area contributed by atoms with Crippen LogP contribution in [0.1, 0.15) is 28.4 Å². The number of carbonyl (C=O) groups excluding carboxylic acids is 1. The zero-order valence-corrected chi connectivity index (χ0v) is 19.5. The van der Waals surface area contributed by atoms with Gasteiger partial charge in [-0.3, -0.25) is 9.79 Å². The third-order valence-corrected chi connectivity index (χ3v) is 4.97. The average molecular weight is 445 g/mol. The summed E-state index contributed by atoms with van der Waals surface area (Å²) < 4.78 is 24.3. The molecular weight excluding hydrogens is 411 g/mol. The molecule has 0 saturated heterocycles. The van der Waals surface area contributed by atoms with Crippen LogP contribution in [0.25, 0.3) is 0 Å². The molecule has 0 saturated carbocycles. The molecule has 32 heavy (non-hydrogen) atoms. The van der Waals surface area contributed by atoms with Crippen LogP contribution in [0, 0.1) is 12.7 Å². The molecule has 8 heteroatoms. The summed E-state index contributed by atoms with van der Waals surface area (Å²) in [6, 6.07) is 10.3. The number of halogens is 1. The van der Waals surface area contributed by atoms with E-state index >= 15 is 0 Å². The van der Waals surface area contributed by atoms with Crippen LogP contribution in [0.3, 0.4) is 0 Å². The first-order valence-electron chi connectivity index (χ1n) is 10.6. The molecule has 0 atom stereocenters. The molecular formula is C24H33FN4O3. The molecule has 0 bridgehead atoms. The molecule has 2 aromatic carbocycles. The Morgan fingerprint density at radius 1 is 1.09 bits per heavy atom. The summed E-state index contributed by atoms with van der Waals surface area (Å²) in [6.07, 6.45) is 0.803. The van der Waals surface area contributed by atoms with E-state index in [2.05, 4.69) is 15.6 Å². The number of benzene rings is 2. The molecule has 0 spiro atoms. The van der Waals surface area contributed by atoms with E-state index in [9.17, 15) is 9.18 Å². The van der Waals surface area contributed by atoms with Gasteiger partial charge in [-0.1, -0.05) is 12.1 Å². The lowest BCUT2D eigenvalue weighted by Gasteiger charge is -2.22. The van der Waals surface area contributed by atoms with Gasteiger partial charge in [-0.05, 0) is 55.7 Å². The minimum absolute atomic E-state index is 0.302. The highest BCUT2D eigenvalue weighted by molar-refractivity contribution is 5.94. The maximum atomic E-state index is 13.7. The largest absolute Gasteiger partial charge is 0.493 e. The lowest BCUT2D eigenvalue weighted by atomic mass is 10.1. The summed E-state index contributed by atoms with van der Waals surface area (Å²) in [5.41, 5.74) is 1.94. The summed E-state index contributed by atoms with van der Waals surface area (Å²) >= 11 is 0. The van der Waals surface area contributed by atoms with Crippen molar-refractivity contribution in [3.8, 4) is 11.5 Å². The van der Waals surface area contributed by atoms with Gasteiger partial charge in [-0.25, -0.2) is 4.39 Å². The van der Waals surface area contributed by atoms with E-state index in [0.29, 0.717) is 35.7 Å². The zero-order valence-electron chi connectivity index (χ0n) is 19.5. The lowest BCUT2D eigenvalue weighted by Crippen LogP contribution is -2.40. The van der Waals surface area contributed by atoms with Crippen molar-refractivity contribution in [2.45, 2.75) is 20.3 Å². The van der Waals surface area contributed by atoms with E-state index in [0.717, 1.165) is 31.0 Å². The van der Waals surface area contributed by atoms with Crippen molar-refractivity contribution >= 4 is 11.9 Å². The van der Waals surface area contributed by atoms with Crippen LogP contribution in [0.15, 0.2) is 41.4 Å². The third kappa shape index (κ3) is 7.14. The number of nitrogens with one attached hydrogen (secondary N) is 2. The molecule has 174 valence electrons. The first kappa shape index (κ1) is 25.0. The maximum absolute atomic E-state index is 13.7. The predicted octanol–water partition coefficient (Wildman–Crippen LogP) is 3.02. The van der Waals surface area contributed by atoms with Crippen LogP contribution in [0.2, 0.25) is 0 Å². The molecule has 2 aromatic rings. The van der Waals surface area contributed by atoms with Crippen LogP contribution in [-0.2, 0) is 6.42 Å². The Morgan fingerprint density at radius 3 is 2.50 bits per heavy atom. The summed E-state index contributed by atoms with van der Waals surface area (Å²) in [6.45, 7) is 5.90. The average Bonchev–Trinajstić information content (AvgIpc) is 2.80.